The molecule has 0 spiro atoms. The van der Waals surface area contributed by atoms with Crippen LogP contribution in [0.5, 0.6) is 0 Å². The quantitative estimate of drug-likeness (QED) is 0.354. The van der Waals surface area contributed by atoms with Gasteiger partial charge in [0.2, 0.25) is 10.0 Å². The number of carbonyl (C=O) groups excluding carboxylic acids is 2. The van der Waals surface area contributed by atoms with Crippen molar-refractivity contribution in [1.29, 1.82) is 0 Å². The van der Waals surface area contributed by atoms with E-state index in [4.69, 9.17) is 16.3 Å². The average molecular weight is 454 g/mol. The zero-order chi connectivity index (χ0) is 21.9. The number of amides is 1. The van der Waals surface area contributed by atoms with Gasteiger partial charge in [-0.2, -0.15) is 0 Å². The Kier molecular flexibility index (Phi) is 6.34. The first-order valence-electron chi connectivity index (χ1n) is 8.69. The maximum Gasteiger partial charge on any atom is 0.338 e. The smallest absolute Gasteiger partial charge is 0.338 e. The van der Waals surface area contributed by atoms with Gasteiger partial charge in [0.25, 0.3) is 11.6 Å². The highest BCUT2D eigenvalue weighted by molar-refractivity contribution is 7.89. The number of halogens is 1. The Morgan fingerprint density at radius 1 is 1.20 bits per heavy atom. The van der Waals surface area contributed by atoms with Gasteiger partial charge in [-0.05, 0) is 37.1 Å². The van der Waals surface area contributed by atoms with Crippen molar-refractivity contribution in [1.82, 2.24) is 4.72 Å². The van der Waals surface area contributed by atoms with Crippen LogP contribution >= 0.6 is 11.6 Å². The topological polar surface area (TPSA) is 145 Å². The summed E-state index contributed by atoms with van der Waals surface area (Å²) in [5, 5.41) is 13.0. The number of rotatable bonds is 8. The fourth-order valence-corrected chi connectivity index (χ4v) is 3.97. The molecule has 1 aliphatic rings. The summed E-state index contributed by atoms with van der Waals surface area (Å²) in [5.41, 5.74) is -0.159. The number of ether oxygens (including phenoxy) is 1. The predicted octanol–water partition coefficient (Wildman–Crippen LogP) is 2.48. The summed E-state index contributed by atoms with van der Waals surface area (Å²) in [6, 6.07) is 8.68. The van der Waals surface area contributed by atoms with Gasteiger partial charge in [0, 0.05) is 18.2 Å². The summed E-state index contributed by atoms with van der Waals surface area (Å²) in [5.74, 6) is -1.61. The van der Waals surface area contributed by atoms with E-state index in [9.17, 15) is 28.1 Å². The van der Waals surface area contributed by atoms with Crippen molar-refractivity contribution >= 4 is 44.9 Å². The van der Waals surface area contributed by atoms with E-state index in [0.29, 0.717) is 0 Å². The number of nitrogens with one attached hydrogen (secondary N) is 2. The van der Waals surface area contributed by atoms with Gasteiger partial charge in [0.1, 0.15) is 0 Å². The molecule has 2 N–H and O–H groups in total. The minimum atomic E-state index is -3.74. The molecule has 1 fully saturated rings. The zero-order valence-electron chi connectivity index (χ0n) is 15.3. The minimum Gasteiger partial charge on any atom is -0.452 e. The first-order chi connectivity index (χ1) is 14.2. The van der Waals surface area contributed by atoms with E-state index in [1.54, 1.807) is 0 Å². The van der Waals surface area contributed by atoms with Crippen LogP contribution in [0, 0.1) is 10.1 Å². The molecule has 158 valence electrons. The highest BCUT2D eigenvalue weighted by Gasteiger charge is 2.28. The third-order valence-electron chi connectivity index (χ3n) is 4.05. The van der Waals surface area contributed by atoms with E-state index in [1.807, 2.05) is 0 Å². The fraction of sp³-hybridized carbons (Fsp3) is 0.222. The Hall–Kier alpha value is -3.02. The van der Waals surface area contributed by atoms with Crippen LogP contribution in [0.2, 0.25) is 5.02 Å². The Labute approximate surface area is 176 Å². The minimum absolute atomic E-state index is 0.0326. The molecule has 3 rings (SSSR count). The van der Waals surface area contributed by atoms with Gasteiger partial charge >= 0.3 is 5.97 Å². The molecule has 1 saturated carbocycles. The Balaban J connectivity index is 1.59. The number of nitrogens with zero attached hydrogens (tertiary/aromatic N) is 1. The molecule has 12 heteroatoms. The second-order valence-corrected chi connectivity index (χ2v) is 8.59. The molecule has 0 aliphatic heterocycles. The fourth-order valence-electron chi connectivity index (χ4n) is 2.40. The van der Waals surface area contributed by atoms with Crippen molar-refractivity contribution in [2.24, 2.45) is 0 Å². The first-order valence-corrected chi connectivity index (χ1v) is 10.5. The maximum absolute atomic E-state index is 12.2. The van der Waals surface area contributed by atoms with Gasteiger partial charge in [0.05, 0.1) is 26.1 Å². The highest BCUT2D eigenvalue weighted by atomic mass is 35.5. The summed E-state index contributed by atoms with van der Waals surface area (Å²) in [7, 11) is -3.74. The van der Waals surface area contributed by atoms with Crippen molar-refractivity contribution in [3.8, 4) is 0 Å². The van der Waals surface area contributed by atoms with E-state index in [-0.39, 0.29) is 32.9 Å². The van der Waals surface area contributed by atoms with Crippen LogP contribution in [0.25, 0.3) is 0 Å². The molecule has 1 aliphatic carbocycles. The molecule has 0 saturated heterocycles. The van der Waals surface area contributed by atoms with Gasteiger partial charge in [-0.15, -0.1) is 0 Å². The molecule has 0 unspecified atom stereocenters. The number of hydrogen-bond acceptors (Lipinski definition) is 7. The van der Waals surface area contributed by atoms with Gasteiger partial charge in [-0.3, -0.25) is 14.9 Å². The summed E-state index contributed by atoms with van der Waals surface area (Å²) in [6.07, 6.45) is 1.55. The molecule has 30 heavy (non-hydrogen) atoms. The number of esters is 1. The van der Waals surface area contributed by atoms with E-state index >= 15 is 0 Å². The van der Waals surface area contributed by atoms with Gasteiger partial charge < -0.3 is 10.1 Å². The average Bonchev–Trinajstić information content (AvgIpc) is 3.51. The van der Waals surface area contributed by atoms with Crippen LogP contribution in [-0.4, -0.2) is 37.9 Å². The first kappa shape index (κ1) is 21.7. The third kappa shape index (κ3) is 5.53. The van der Waals surface area contributed by atoms with Crippen LogP contribution in [0.4, 0.5) is 11.4 Å². The third-order valence-corrected chi connectivity index (χ3v) is 5.88. The lowest BCUT2D eigenvalue weighted by Crippen LogP contribution is -2.26. The van der Waals surface area contributed by atoms with Crippen molar-refractivity contribution in [3.05, 3.63) is 63.2 Å². The molecule has 0 radical (unpaired) electrons. The van der Waals surface area contributed by atoms with Crippen LogP contribution in [0.15, 0.2) is 47.4 Å². The summed E-state index contributed by atoms with van der Waals surface area (Å²) < 4.78 is 31.9. The molecule has 0 heterocycles. The van der Waals surface area contributed by atoms with Crippen molar-refractivity contribution in [2.45, 2.75) is 23.8 Å². The van der Waals surface area contributed by atoms with Crippen LogP contribution < -0.4 is 10.0 Å². The molecular weight excluding hydrogens is 438 g/mol. The van der Waals surface area contributed by atoms with E-state index in [0.717, 1.165) is 31.0 Å². The summed E-state index contributed by atoms with van der Waals surface area (Å²) >= 11 is 5.89. The molecule has 0 bridgehead atoms. The molecule has 0 atom stereocenters. The molecule has 1 amide bonds. The lowest BCUT2D eigenvalue weighted by Gasteiger charge is -2.09. The number of hydrogen-bond donors (Lipinski definition) is 2. The second-order valence-electron chi connectivity index (χ2n) is 6.47. The number of sulfonamides is 1. The summed E-state index contributed by atoms with van der Waals surface area (Å²) in [6.45, 7) is -0.663. The zero-order valence-corrected chi connectivity index (χ0v) is 16.9. The SMILES string of the molecule is O=C(COC(=O)c1cccc(S(=O)(=O)NC2CC2)c1)Nc1ccc([N+](=O)[O-])cc1Cl. The molecule has 2 aromatic rings. The second kappa shape index (κ2) is 8.78. The number of carbonyl (C=O) groups is 2. The number of nitro groups is 1. The molecule has 2 aromatic carbocycles. The highest BCUT2D eigenvalue weighted by Crippen LogP contribution is 2.26. The van der Waals surface area contributed by atoms with E-state index in [1.165, 1.54) is 24.3 Å². The number of benzene rings is 2. The van der Waals surface area contributed by atoms with Crippen LogP contribution in [0.1, 0.15) is 23.2 Å². The van der Waals surface area contributed by atoms with Gasteiger partial charge in [0.15, 0.2) is 6.61 Å². The summed E-state index contributed by atoms with van der Waals surface area (Å²) in [4.78, 5) is 34.2. The normalized spacial score (nSPS) is 13.5. The maximum atomic E-state index is 12.2. The lowest BCUT2D eigenvalue weighted by atomic mass is 10.2. The van der Waals surface area contributed by atoms with Crippen molar-refractivity contribution < 1.29 is 27.7 Å². The van der Waals surface area contributed by atoms with E-state index in [2.05, 4.69) is 10.0 Å². The number of anilines is 1. The lowest BCUT2D eigenvalue weighted by molar-refractivity contribution is -0.384. The monoisotopic (exact) mass is 453 g/mol. The Morgan fingerprint density at radius 2 is 1.93 bits per heavy atom. The van der Waals surface area contributed by atoms with E-state index < -0.39 is 33.4 Å². The number of nitro benzene ring substituents is 1. The Bertz CT molecular complexity index is 1120. The largest absolute Gasteiger partial charge is 0.452 e. The Morgan fingerprint density at radius 3 is 2.57 bits per heavy atom. The van der Waals surface area contributed by atoms with Gasteiger partial charge in [-0.1, -0.05) is 17.7 Å². The van der Waals surface area contributed by atoms with Crippen molar-refractivity contribution in [3.63, 3.8) is 0 Å². The molecular formula is C18H16ClN3O7S. The number of non-ortho nitro benzene ring substituents is 1. The molecule has 10 nitrogen and oxygen atoms in total. The molecule has 0 aromatic heterocycles. The standard InChI is InChI=1S/C18H16ClN3O7S/c19-15-9-13(22(25)26)6-7-16(15)20-17(23)10-29-18(24)11-2-1-3-14(8-11)30(27,28)21-12-4-5-12/h1-3,6-9,12,21H,4-5,10H2,(H,20,23). The predicted molar refractivity (Wildman–Crippen MR) is 107 cm³/mol. The van der Waals surface area contributed by atoms with Crippen LogP contribution in [0.3, 0.4) is 0 Å². The van der Waals surface area contributed by atoms with Crippen LogP contribution in [-0.2, 0) is 19.6 Å². The van der Waals surface area contributed by atoms with Gasteiger partial charge in [-0.25, -0.2) is 17.9 Å². The van der Waals surface area contributed by atoms with Crippen molar-refractivity contribution in [2.75, 3.05) is 11.9 Å².